The summed E-state index contributed by atoms with van der Waals surface area (Å²) in [7, 11) is 3.27. The molecule has 0 radical (unpaired) electrons. The first-order chi connectivity index (χ1) is 7.60. The van der Waals surface area contributed by atoms with Gasteiger partial charge in [0.05, 0.1) is 7.11 Å². The molecule has 4 heteroatoms. The smallest absolute Gasteiger partial charge is 0.192 e. The molecule has 1 atom stereocenters. The first kappa shape index (κ1) is 12.7. The number of aryl methyl sites for hydroxylation is 1. The van der Waals surface area contributed by atoms with Gasteiger partial charge in [0.1, 0.15) is 11.9 Å². The van der Waals surface area contributed by atoms with Crippen LogP contribution in [0.25, 0.3) is 0 Å². The minimum absolute atomic E-state index is 0.254. The molecule has 0 bridgehead atoms. The molecular weight excluding hydrogens is 206 g/mol. The fraction of sp³-hybridized carbons (Fsp3) is 0.417. The largest absolute Gasteiger partial charge is 0.496 e. The van der Waals surface area contributed by atoms with Crippen LogP contribution < -0.4 is 10.1 Å². The Morgan fingerprint density at radius 2 is 2.25 bits per heavy atom. The number of nitrogens with one attached hydrogen (secondary N) is 1. The van der Waals surface area contributed by atoms with Crippen LogP contribution in [0.15, 0.2) is 18.2 Å². The van der Waals surface area contributed by atoms with E-state index in [0.29, 0.717) is 5.56 Å². The van der Waals surface area contributed by atoms with Crippen LogP contribution in [0.2, 0.25) is 0 Å². The van der Waals surface area contributed by atoms with E-state index in [9.17, 15) is 9.90 Å². The Hall–Kier alpha value is -1.39. The Morgan fingerprint density at radius 3 is 2.75 bits per heavy atom. The second-order valence-electron chi connectivity index (χ2n) is 3.62. The van der Waals surface area contributed by atoms with E-state index in [0.717, 1.165) is 11.3 Å². The van der Waals surface area contributed by atoms with Gasteiger partial charge in [-0.1, -0.05) is 0 Å². The van der Waals surface area contributed by atoms with Gasteiger partial charge in [-0.15, -0.1) is 0 Å². The highest BCUT2D eigenvalue weighted by atomic mass is 16.5. The quantitative estimate of drug-likeness (QED) is 0.724. The highest BCUT2D eigenvalue weighted by Gasteiger charge is 2.16. The minimum atomic E-state index is -1.00. The maximum absolute atomic E-state index is 11.8. The van der Waals surface area contributed by atoms with Crippen molar-refractivity contribution >= 4 is 5.78 Å². The zero-order valence-electron chi connectivity index (χ0n) is 9.78. The van der Waals surface area contributed by atoms with Gasteiger partial charge in [-0.25, -0.2) is 0 Å². The Labute approximate surface area is 95.2 Å². The van der Waals surface area contributed by atoms with Gasteiger partial charge in [-0.05, 0) is 37.7 Å². The van der Waals surface area contributed by atoms with E-state index in [2.05, 4.69) is 5.32 Å². The Balaban J connectivity index is 2.88. The number of benzene rings is 1. The minimum Gasteiger partial charge on any atom is -0.496 e. The normalized spacial score (nSPS) is 12.2. The maximum atomic E-state index is 11.8. The maximum Gasteiger partial charge on any atom is 0.192 e. The van der Waals surface area contributed by atoms with Gasteiger partial charge in [-0.3, -0.25) is 4.79 Å². The first-order valence-corrected chi connectivity index (χ1v) is 5.11. The summed E-state index contributed by atoms with van der Waals surface area (Å²) in [6, 6.07) is 5.11. The predicted octanol–water partition coefficient (Wildman–Crippen LogP) is 0.767. The van der Waals surface area contributed by atoms with Crippen molar-refractivity contribution in [3.05, 3.63) is 29.3 Å². The molecule has 16 heavy (non-hydrogen) atoms. The Morgan fingerprint density at radius 1 is 1.56 bits per heavy atom. The van der Waals surface area contributed by atoms with Gasteiger partial charge < -0.3 is 15.2 Å². The molecule has 1 aromatic carbocycles. The lowest BCUT2D eigenvalue weighted by Crippen LogP contribution is -2.31. The summed E-state index contributed by atoms with van der Waals surface area (Å²) in [6.45, 7) is 2.12. The molecule has 0 aliphatic heterocycles. The van der Waals surface area contributed by atoms with E-state index in [1.54, 1.807) is 32.4 Å². The van der Waals surface area contributed by atoms with Gasteiger partial charge in [0, 0.05) is 12.1 Å². The van der Waals surface area contributed by atoms with Crippen molar-refractivity contribution in [2.24, 2.45) is 0 Å². The van der Waals surface area contributed by atoms with E-state index in [1.807, 2.05) is 6.92 Å². The van der Waals surface area contributed by atoms with Crippen LogP contribution in [0.3, 0.4) is 0 Å². The van der Waals surface area contributed by atoms with Crippen molar-refractivity contribution in [3.8, 4) is 5.75 Å². The van der Waals surface area contributed by atoms with E-state index in [4.69, 9.17) is 4.74 Å². The summed E-state index contributed by atoms with van der Waals surface area (Å²) < 4.78 is 5.10. The van der Waals surface area contributed by atoms with Crippen LogP contribution in [0, 0.1) is 6.92 Å². The van der Waals surface area contributed by atoms with E-state index in [-0.39, 0.29) is 12.3 Å². The Kier molecular flexibility index (Phi) is 4.46. The molecule has 0 amide bonds. The molecule has 4 nitrogen and oxygen atoms in total. The predicted molar refractivity (Wildman–Crippen MR) is 62.0 cm³/mol. The number of rotatable bonds is 5. The van der Waals surface area contributed by atoms with Crippen LogP contribution in [0.4, 0.5) is 0 Å². The number of aliphatic hydroxyl groups excluding tert-OH is 1. The molecule has 2 N–H and O–H groups in total. The van der Waals surface area contributed by atoms with Crippen LogP contribution >= 0.6 is 0 Å². The van der Waals surface area contributed by atoms with E-state index in [1.165, 1.54) is 0 Å². The van der Waals surface area contributed by atoms with Crippen LogP contribution in [0.1, 0.15) is 15.9 Å². The molecule has 0 heterocycles. The SMILES string of the molecule is CNCC(O)C(=O)c1ccc(OC)c(C)c1. The fourth-order valence-electron chi connectivity index (χ4n) is 1.51. The number of hydrogen-bond acceptors (Lipinski definition) is 4. The third-order valence-electron chi connectivity index (χ3n) is 2.38. The molecule has 1 aromatic rings. The first-order valence-electron chi connectivity index (χ1n) is 5.11. The molecule has 0 aromatic heterocycles. The highest BCUT2D eigenvalue weighted by molar-refractivity contribution is 5.99. The number of hydrogen-bond donors (Lipinski definition) is 2. The van der Waals surface area contributed by atoms with Gasteiger partial charge in [0.2, 0.25) is 0 Å². The third kappa shape index (κ3) is 2.81. The van der Waals surface area contributed by atoms with E-state index >= 15 is 0 Å². The average Bonchev–Trinajstić information content (AvgIpc) is 2.28. The summed E-state index contributed by atoms with van der Waals surface area (Å²) >= 11 is 0. The number of ether oxygens (including phenoxy) is 1. The number of aliphatic hydroxyl groups is 1. The zero-order valence-corrected chi connectivity index (χ0v) is 9.78. The van der Waals surface area contributed by atoms with Crippen molar-refractivity contribution in [1.82, 2.24) is 5.32 Å². The van der Waals surface area contributed by atoms with Crippen LogP contribution in [0.5, 0.6) is 5.75 Å². The monoisotopic (exact) mass is 223 g/mol. The number of Topliss-reactive ketones (excluding diaryl/α,β-unsaturated/α-hetero) is 1. The molecule has 0 fully saturated rings. The van der Waals surface area contributed by atoms with Gasteiger partial charge >= 0.3 is 0 Å². The van der Waals surface area contributed by atoms with E-state index < -0.39 is 6.10 Å². The second-order valence-corrected chi connectivity index (χ2v) is 3.62. The number of methoxy groups -OCH3 is 1. The van der Waals surface area contributed by atoms with Gasteiger partial charge in [0.25, 0.3) is 0 Å². The van der Waals surface area contributed by atoms with Crippen molar-refractivity contribution in [2.45, 2.75) is 13.0 Å². The number of likely N-dealkylation sites (N-methyl/N-ethyl adjacent to an activating group) is 1. The fourth-order valence-corrected chi connectivity index (χ4v) is 1.51. The number of carbonyl (C=O) groups excluding carboxylic acids is 1. The molecule has 0 saturated heterocycles. The summed E-state index contributed by atoms with van der Waals surface area (Å²) in [6.07, 6.45) is -1.00. The van der Waals surface area contributed by atoms with Crippen molar-refractivity contribution < 1.29 is 14.6 Å². The summed E-state index contributed by atoms with van der Waals surface area (Å²) in [5.41, 5.74) is 1.38. The molecule has 0 spiro atoms. The number of carbonyl (C=O) groups is 1. The molecule has 1 rings (SSSR count). The standard InChI is InChI=1S/C12H17NO3/c1-8-6-9(4-5-11(8)16-3)12(15)10(14)7-13-2/h4-6,10,13-14H,7H2,1-3H3. The molecule has 1 unspecified atom stereocenters. The van der Waals surface area contributed by atoms with Crippen LogP contribution in [-0.4, -0.2) is 37.7 Å². The topological polar surface area (TPSA) is 58.6 Å². The molecular formula is C12H17NO3. The molecule has 88 valence electrons. The molecule has 0 aliphatic carbocycles. The van der Waals surface area contributed by atoms with Gasteiger partial charge in [-0.2, -0.15) is 0 Å². The summed E-state index contributed by atoms with van der Waals surface area (Å²) in [5, 5.41) is 12.3. The average molecular weight is 223 g/mol. The lowest BCUT2D eigenvalue weighted by molar-refractivity contribution is 0.0750. The summed E-state index contributed by atoms with van der Waals surface area (Å²) in [5.74, 6) is 0.458. The molecule has 0 aliphatic rings. The van der Waals surface area contributed by atoms with Crippen molar-refractivity contribution in [3.63, 3.8) is 0 Å². The number of ketones is 1. The zero-order chi connectivity index (χ0) is 12.1. The highest BCUT2D eigenvalue weighted by Crippen LogP contribution is 2.19. The second kappa shape index (κ2) is 5.63. The molecule has 0 saturated carbocycles. The lowest BCUT2D eigenvalue weighted by Gasteiger charge is -2.10. The van der Waals surface area contributed by atoms with Crippen molar-refractivity contribution in [1.29, 1.82) is 0 Å². The lowest BCUT2D eigenvalue weighted by atomic mass is 10.0. The van der Waals surface area contributed by atoms with Crippen LogP contribution in [-0.2, 0) is 0 Å². The summed E-state index contributed by atoms with van der Waals surface area (Å²) in [4.78, 5) is 11.8. The van der Waals surface area contributed by atoms with Gasteiger partial charge in [0.15, 0.2) is 5.78 Å². The Bertz CT molecular complexity index is 377. The third-order valence-corrected chi connectivity index (χ3v) is 2.38. The van der Waals surface area contributed by atoms with Crippen molar-refractivity contribution in [2.75, 3.05) is 20.7 Å².